The van der Waals surface area contributed by atoms with E-state index in [9.17, 15) is 14.4 Å². The molecule has 0 radical (unpaired) electrons. The van der Waals surface area contributed by atoms with Gasteiger partial charge in [0, 0.05) is 22.7 Å². The molecule has 6 nitrogen and oxygen atoms in total. The maximum Gasteiger partial charge on any atom is 0.325 e. The summed E-state index contributed by atoms with van der Waals surface area (Å²) in [4.78, 5) is 42.8. The highest BCUT2D eigenvalue weighted by molar-refractivity contribution is 6.14. The van der Waals surface area contributed by atoms with Crippen molar-refractivity contribution in [1.29, 1.82) is 0 Å². The number of urea groups is 1. The van der Waals surface area contributed by atoms with Crippen molar-refractivity contribution in [3.63, 3.8) is 0 Å². The second-order valence-electron chi connectivity index (χ2n) is 7.95. The molecule has 3 amide bonds. The number of carbonyl (C=O) groups is 3. The summed E-state index contributed by atoms with van der Waals surface area (Å²) in [5, 5.41) is 3.59. The summed E-state index contributed by atoms with van der Waals surface area (Å²) in [6.45, 7) is 1.42. The number of fused-ring (bicyclic) bond motifs is 2. The number of imide groups is 1. The SMILES string of the molecule is CC1(c2ccc3c(c2)CCC3)NC(=O)N(CC(=O)c2c[nH]c3ccccc23)C1=O. The molecule has 1 aromatic heterocycles. The Hall–Kier alpha value is -3.41. The largest absolute Gasteiger partial charge is 0.360 e. The third-order valence-electron chi connectivity index (χ3n) is 6.14. The highest BCUT2D eigenvalue weighted by Crippen LogP contribution is 2.33. The number of aryl methyl sites for hydroxylation is 2. The number of nitrogens with zero attached hydrogens (tertiary/aromatic N) is 1. The molecule has 1 atom stereocenters. The summed E-state index contributed by atoms with van der Waals surface area (Å²) in [6.07, 6.45) is 4.79. The van der Waals surface area contributed by atoms with Crippen LogP contribution in [0.1, 0.15) is 40.4 Å². The second kappa shape index (κ2) is 6.30. The predicted molar refractivity (Wildman–Crippen MR) is 109 cm³/mol. The highest BCUT2D eigenvalue weighted by Gasteiger charge is 2.49. The van der Waals surface area contributed by atoms with Crippen molar-refractivity contribution in [2.45, 2.75) is 31.7 Å². The van der Waals surface area contributed by atoms with Gasteiger partial charge < -0.3 is 10.3 Å². The minimum atomic E-state index is -1.16. The number of hydrogen-bond donors (Lipinski definition) is 2. The molecule has 0 saturated carbocycles. The molecular weight excluding hydrogens is 366 g/mol. The average Bonchev–Trinajstić information content (AvgIpc) is 3.41. The lowest BCUT2D eigenvalue weighted by Crippen LogP contribution is -2.41. The van der Waals surface area contributed by atoms with Crippen LogP contribution in [0.2, 0.25) is 0 Å². The number of hydrogen-bond acceptors (Lipinski definition) is 3. The van der Waals surface area contributed by atoms with Crippen molar-refractivity contribution in [2.24, 2.45) is 0 Å². The molecule has 6 heteroatoms. The third kappa shape index (κ3) is 2.67. The minimum Gasteiger partial charge on any atom is -0.360 e. The summed E-state index contributed by atoms with van der Waals surface area (Å²) >= 11 is 0. The fraction of sp³-hybridized carbons (Fsp3) is 0.261. The summed E-state index contributed by atoms with van der Waals surface area (Å²) in [5.74, 6) is -0.669. The zero-order valence-corrected chi connectivity index (χ0v) is 16.1. The average molecular weight is 387 g/mol. The van der Waals surface area contributed by atoms with Crippen LogP contribution in [0.4, 0.5) is 4.79 Å². The van der Waals surface area contributed by atoms with Crippen LogP contribution in [0.5, 0.6) is 0 Å². The Bertz CT molecular complexity index is 1180. The summed E-state index contributed by atoms with van der Waals surface area (Å²) < 4.78 is 0. The number of aromatic amines is 1. The number of Topliss-reactive ketones (excluding diaryl/α,β-unsaturated/α-hetero) is 1. The molecule has 1 unspecified atom stereocenters. The number of H-pyrrole nitrogens is 1. The number of benzene rings is 2. The Morgan fingerprint density at radius 1 is 1.10 bits per heavy atom. The fourth-order valence-corrected chi connectivity index (χ4v) is 4.45. The predicted octanol–water partition coefficient (Wildman–Crippen LogP) is 3.31. The number of rotatable bonds is 4. The van der Waals surface area contributed by atoms with Gasteiger partial charge in [0.2, 0.25) is 0 Å². The molecule has 0 spiro atoms. The topological polar surface area (TPSA) is 82.3 Å². The van der Waals surface area contributed by atoms with Crippen molar-refractivity contribution in [3.05, 3.63) is 70.9 Å². The first kappa shape index (κ1) is 17.7. The van der Waals surface area contributed by atoms with Crippen molar-refractivity contribution in [1.82, 2.24) is 15.2 Å². The van der Waals surface area contributed by atoms with E-state index in [1.807, 2.05) is 42.5 Å². The third-order valence-corrected chi connectivity index (χ3v) is 6.14. The minimum absolute atomic E-state index is 0.274. The molecule has 1 aliphatic heterocycles. The molecule has 146 valence electrons. The van der Waals surface area contributed by atoms with Crippen LogP contribution in [0, 0.1) is 0 Å². The molecule has 1 aliphatic carbocycles. The first-order valence-corrected chi connectivity index (χ1v) is 9.83. The van der Waals surface area contributed by atoms with E-state index < -0.39 is 17.5 Å². The molecule has 29 heavy (non-hydrogen) atoms. The molecular formula is C23H21N3O3. The van der Waals surface area contributed by atoms with Crippen molar-refractivity contribution in [3.8, 4) is 0 Å². The van der Waals surface area contributed by atoms with Gasteiger partial charge >= 0.3 is 6.03 Å². The van der Waals surface area contributed by atoms with Gasteiger partial charge in [0.1, 0.15) is 5.54 Å². The zero-order valence-electron chi connectivity index (χ0n) is 16.1. The van der Waals surface area contributed by atoms with Crippen molar-refractivity contribution >= 4 is 28.6 Å². The van der Waals surface area contributed by atoms with E-state index in [2.05, 4.69) is 10.3 Å². The van der Waals surface area contributed by atoms with Gasteiger partial charge in [-0.3, -0.25) is 14.5 Å². The van der Waals surface area contributed by atoms with E-state index in [1.54, 1.807) is 13.1 Å². The van der Waals surface area contributed by atoms with Crippen LogP contribution < -0.4 is 5.32 Å². The van der Waals surface area contributed by atoms with Crippen LogP contribution in [0.15, 0.2) is 48.7 Å². The smallest absolute Gasteiger partial charge is 0.325 e. The molecule has 0 bridgehead atoms. The van der Waals surface area contributed by atoms with Gasteiger partial charge in [-0.25, -0.2) is 4.79 Å². The lowest BCUT2D eigenvalue weighted by Gasteiger charge is -2.23. The van der Waals surface area contributed by atoms with E-state index >= 15 is 0 Å². The van der Waals surface area contributed by atoms with Crippen molar-refractivity contribution < 1.29 is 14.4 Å². The monoisotopic (exact) mass is 387 g/mol. The number of ketones is 1. The molecule has 2 heterocycles. The number of amides is 3. The maximum atomic E-state index is 13.2. The van der Waals surface area contributed by atoms with Crippen LogP contribution in [0.25, 0.3) is 10.9 Å². The van der Waals surface area contributed by atoms with Gasteiger partial charge in [0.05, 0.1) is 6.54 Å². The van der Waals surface area contributed by atoms with E-state index in [1.165, 1.54) is 11.1 Å². The van der Waals surface area contributed by atoms with Gasteiger partial charge in [-0.1, -0.05) is 36.4 Å². The second-order valence-corrected chi connectivity index (χ2v) is 7.95. The summed E-state index contributed by atoms with van der Waals surface area (Å²) in [7, 11) is 0. The van der Waals surface area contributed by atoms with E-state index in [-0.39, 0.29) is 12.3 Å². The van der Waals surface area contributed by atoms with E-state index in [0.29, 0.717) is 5.56 Å². The fourth-order valence-electron chi connectivity index (χ4n) is 4.45. The number of nitrogens with one attached hydrogen (secondary N) is 2. The number of aromatic nitrogens is 1. The lowest BCUT2D eigenvalue weighted by atomic mass is 9.89. The van der Waals surface area contributed by atoms with Gasteiger partial charge in [-0.05, 0) is 48.9 Å². The Morgan fingerprint density at radius 2 is 1.90 bits per heavy atom. The van der Waals surface area contributed by atoms with Crippen LogP contribution >= 0.6 is 0 Å². The zero-order chi connectivity index (χ0) is 20.2. The number of carbonyl (C=O) groups excluding carboxylic acids is 3. The summed E-state index contributed by atoms with van der Waals surface area (Å²) in [5.41, 5.74) is 3.47. The standard InChI is InChI=1S/C23H21N3O3/c1-23(16-10-9-14-5-4-6-15(14)11-16)21(28)26(22(29)25-23)13-20(27)18-12-24-19-8-3-2-7-17(18)19/h2-3,7-12,24H,4-6,13H2,1H3,(H,25,29). The molecule has 2 aromatic carbocycles. The van der Waals surface area contributed by atoms with Crippen LogP contribution in [-0.2, 0) is 23.2 Å². The lowest BCUT2D eigenvalue weighted by molar-refractivity contribution is -0.130. The van der Waals surface area contributed by atoms with Crippen molar-refractivity contribution in [2.75, 3.05) is 6.54 Å². The van der Waals surface area contributed by atoms with Crippen LogP contribution in [0.3, 0.4) is 0 Å². The number of para-hydroxylation sites is 1. The van der Waals surface area contributed by atoms with Gasteiger partial charge in [0.15, 0.2) is 5.78 Å². The van der Waals surface area contributed by atoms with E-state index in [0.717, 1.165) is 40.6 Å². The molecule has 1 fully saturated rings. The van der Waals surface area contributed by atoms with Gasteiger partial charge in [0.25, 0.3) is 5.91 Å². The Morgan fingerprint density at radius 3 is 2.76 bits per heavy atom. The Balaban J connectivity index is 1.42. The first-order chi connectivity index (χ1) is 14.0. The molecule has 2 N–H and O–H groups in total. The molecule has 1 saturated heterocycles. The molecule has 2 aliphatic rings. The summed E-state index contributed by atoms with van der Waals surface area (Å²) in [6, 6.07) is 12.9. The molecule has 5 rings (SSSR count). The quantitative estimate of drug-likeness (QED) is 0.532. The molecule has 3 aromatic rings. The van der Waals surface area contributed by atoms with Gasteiger partial charge in [-0.2, -0.15) is 0 Å². The Kier molecular flexibility index (Phi) is 3.84. The van der Waals surface area contributed by atoms with E-state index in [4.69, 9.17) is 0 Å². The first-order valence-electron chi connectivity index (χ1n) is 9.83. The van der Waals surface area contributed by atoms with Crippen LogP contribution in [-0.4, -0.2) is 34.2 Å². The normalized spacial score (nSPS) is 20.9. The Labute approximate surface area is 167 Å². The highest BCUT2D eigenvalue weighted by atomic mass is 16.2. The maximum absolute atomic E-state index is 13.2. The van der Waals surface area contributed by atoms with Gasteiger partial charge in [-0.15, -0.1) is 0 Å².